The highest BCUT2D eigenvalue weighted by molar-refractivity contribution is 7.89. The zero-order valence-corrected chi connectivity index (χ0v) is 23.1. The fourth-order valence-electron chi connectivity index (χ4n) is 5.01. The van der Waals surface area contributed by atoms with Crippen LogP contribution in [0.2, 0.25) is 0 Å². The van der Waals surface area contributed by atoms with Crippen molar-refractivity contribution in [2.75, 3.05) is 12.4 Å². The van der Waals surface area contributed by atoms with Crippen LogP contribution in [-0.4, -0.2) is 35.3 Å². The van der Waals surface area contributed by atoms with Gasteiger partial charge in [-0.1, -0.05) is 31.2 Å². The number of amides is 1. The van der Waals surface area contributed by atoms with Crippen molar-refractivity contribution in [2.24, 2.45) is 7.05 Å². The van der Waals surface area contributed by atoms with Crippen LogP contribution >= 0.6 is 0 Å². The van der Waals surface area contributed by atoms with Crippen molar-refractivity contribution in [1.82, 2.24) is 13.9 Å². The Labute approximate surface area is 229 Å². The van der Waals surface area contributed by atoms with Crippen molar-refractivity contribution in [3.63, 3.8) is 0 Å². The van der Waals surface area contributed by atoms with Crippen molar-refractivity contribution in [3.05, 3.63) is 107 Å². The number of carbonyl (C=O) groups excluding carboxylic acids is 1. The first-order valence-electron chi connectivity index (χ1n) is 13.0. The number of hydrogen-bond acceptors (Lipinski definition) is 5. The zero-order valence-electron chi connectivity index (χ0n) is 22.3. The van der Waals surface area contributed by atoms with Gasteiger partial charge in [0.25, 0.3) is 5.91 Å². The van der Waals surface area contributed by atoms with Gasteiger partial charge in [-0.25, -0.2) is 13.4 Å². The van der Waals surface area contributed by atoms with E-state index in [9.17, 15) is 13.2 Å². The molecule has 1 unspecified atom stereocenters. The average molecular weight is 545 g/mol. The SMILES string of the molecule is CCc1ccc(S(=O)(=O)N(Cc2nccn2C)C2CCc3ccc(NC(=O)c4cccc(OC)c4)cc32)cc1. The quantitative estimate of drug-likeness (QED) is 0.316. The van der Waals surface area contributed by atoms with E-state index in [4.69, 9.17) is 4.74 Å². The summed E-state index contributed by atoms with van der Waals surface area (Å²) in [6.07, 6.45) is 5.69. The first kappa shape index (κ1) is 26.6. The van der Waals surface area contributed by atoms with Crippen LogP contribution in [0.5, 0.6) is 5.75 Å². The number of anilines is 1. The number of ether oxygens (including phenoxy) is 1. The molecule has 0 aliphatic heterocycles. The summed E-state index contributed by atoms with van der Waals surface area (Å²) in [6.45, 7) is 2.17. The Bertz CT molecular complexity index is 1600. The number of rotatable bonds is 9. The van der Waals surface area contributed by atoms with Gasteiger partial charge >= 0.3 is 0 Å². The van der Waals surface area contributed by atoms with Crippen LogP contribution in [0.3, 0.4) is 0 Å². The molecule has 0 spiro atoms. The molecule has 1 heterocycles. The second kappa shape index (κ2) is 11.0. The highest BCUT2D eigenvalue weighted by atomic mass is 32.2. The van der Waals surface area contributed by atoms with E-state index >= 15 is 0 Å². The van der Waals surface area contributed by atoms with Crippen molar-refractivity contribution in [3.8, 4) is 5.75 Å². The lowest BCUT2D eigenvalue weighted by Gasteiger charge is -2.29. The van der Waals surface area contributed by atoms with Crippen LogP contribution in [0.15, 0.2) is 84.0 Å². The van der Waals surface area contributed by atoms with Gasteiger partial charge in [0.05, 0.1) is 24.6 Å². The number of methoxy groups -OCH3 is 1. The molecule has 1 aliphatic rings. The number of imidazole rings is 1. The summed E-state index contributed by atoms with van der Waals surface area (Å²) in [5.74, 6) is 0.982. The van der Waals surface area contributed by atoms with E-state index in [1.54, 1.807) is 54.0 Å². The first-order valence-corrected chi connectivity index (χ1v) is 14.4. The molecule has 1 aliphatic carbocycles. The van der Waals surface area contributed by atoms with Crippen LogP contribution in [0.1, 0.15) is 52.3 Å². The molecular formula is C30H32N4O4S. The minimum Gasteiger partial charge on any atom is -0.497 e. The lowest BCUT2D eigenvalue weighted by Crippen LogP contribution is -2.34. The van der Waals surface area contributed by atoms with Gasteiger partial charge in [0, 0.05) is 30.7 Å². The van der Waals surface area contributed by atoms with Crippen molar-refractivity contribution >= 4 is 21.6 Å². The molecule has 1 N–H and O–H groups in total. The van der Waals surface area contributed by atoms with Gasteiger partial charge in [-0.05, 0) is 78.4 Å². The fraction of sp³-hybridized carbons (Fsp3) is 0.267. The molecule has 0 bridgehead atoms. The van der Waals surface area contributed by atoms with E-state index in [0.29, 0.717) is 29.2 Å². The number of aryl methyl sites for hydroxylation is 3. The van der Waals surface area contributed by atoms with E-state index in [-0.39, 0.29) is 17.3 Å². The Morgan fingerprint density at radius 3 is 2.62 bits per heavy atom. The van der Waals surface area contributed by atoms with E-state index in [1.807, 2.05) is 55.1 Å². The number of fused-ring (bicyclic) bond motifs is 1. The Morgan fingerprint density at radius 2 is 1.92 bits per heavy atom. The van der Waals surface area contributed by atoms with E-state index in [2.05, 4.69) is 10.3 Å². The van der Waals surface area contributed by atoms with Gasteiger partial charge in [-0.3, -0.25) is 4.79 Å². The Balaban J connectivity index is 1.49. The average Bonchev–Trinajstić information content (AvgIpc) is 3.56. The maximum atomic E-state index is 14.1. The highest BCUT2D eigenvalue weighted by Crippen LogP contribution is 2.41. The predicted molar refractivity (Wildman–Crippen MR) is 150 cm³/mol. The maximum absolute atomic E-state index is 14.1. The summed E-state index contributed by atoms with van der Waals surface area (Å²) >= 11 is 0. The van der Waals surface area contributed by atoms with Gasteiger partial charge in [0.15, 0.2) is 0 Å². The van der Waals surface area contributed by atoms with E-state index in [0.717, 1.165) is 29.5 Å². The Hall–Kier alpha value is -3.95. The number of aromatic nitrogens is 2. The van der Waals surface area contributed by atoms with Crippen LogP contribution in [0.4, 0.5) is 5.69 Å². The van der Waals surface area contributed by atoms with Gasteiger partial charge in [0.2, 0.25) is 10.0 Å². The minimum absolute atomic E-state index is 0.131. The molecule has 9 heteroatoms. The van der Waals surface area contributed by atoms with Crippen LogP contribution in [0.25, 0.3) is 0 Å². The van der Waals surface area contributed by atoms with Crippen molar-refractivity contribution < 1.29 is 17.9 Å². The standard InChI is InChI=1S/C30H32N4O4S/c1-4-21-8-13-26(14-9-21)39(36,37)34(20-29-31-16-17-33(29)2)28-15-11-22-10-12-24(19-27(22)28)32-30(35)23-6-5-7-25(18-23)38-3/h5-10,12-14,16-19,28H,4,11,15,20H2,1-3H3,(H,32,35). The van der Waals surface area contributed by atoms with Gasteiger partial charge in [0.1, 0.15) is 11.6 Å². The van der Waals surface area contributed by atoms with Crippen LogP contribution < -0.4 is 10.1 Å². The van der Waals surface area contributed by atoms with Crippen LogP contribution in [-0.2, 0) is 36.5 Å². The molecule has 8 nitrogen and oxygen atoms in total. The molecule has 0 saturated heterocycles. The third-order valence-corrected chi connectivity index (χ3v) is 9.15. The number of nitrogens with one attached hydrogen (secondary N) is 1. The largest absolute Gasteiger partial charge is 0.497 e. The molecule has 0 fully saturated rings. The predicted octanol–water partition coefficient (Wildman–Crippen LogP) is 5.12. The highest BCUT2D eigenvalue weighted by Gasteiger charge is 2.37. The normalized spacial score (nSPS) is 14.8. The lowest BCUT2D eigenvalue weighted by molar-refractivity contribution is 0.102. The number of carbonyl (C=O) groups is 1. The van der Waals surface area contributed by atoms with Gasteiger partial charge < -0.3 is 14.6 Å². The Kier molecular flexibility index (Phi) is 7.54. The number of sulfonamides is 1. The van der Waals surface area contributed by atoms with Crippen molar-refractivity contribution in [2.45, 2.75) is 43.7 Å². The topological polar surface area (TPSA) is 93.5 Å². The number of hydrogen-bond donors (Lipinski definition) is 1. The minimum atomic E-state index is -3.85. The smallest absolute Gasteiger partial charge is 0.255 e. The lowest BCUT2D eigenvalue weighted by atomic mass is 10.1. The summed E-state index contributed by atoms with van der Waals surface area (Å²) in [6, 6.07) is 19.4. The molecule has 202 valence electrons. The molecule has 0 saturated carbocycles. The van der Waals surface area contributed by atoms with Gasteiger partial charge in [-0.2, -0.15) is 4.31 Å². The summed E-state index contributed by atoms with van der Waals surface area (Å²) in [4.78, 5) is 17.6. The molecular weight excluding hydrogens is 512 g/mol. The fourth-order valence-corrected chi connectivity index (χ4v) is 6.60. The number of benzene rings is 3. The number of nitrogens with zero attached hydrogens (tertiary/aromatic N) is 3. The summed E-state index contributed by atoms with van der Waals surface area (Å²) < 4.78 is 36.8. The molecule has 1 aromatic heterocycles. The summed E-state index contributed by atoms with van der Waals surface area (Å²) in [5.41, 5.74) is 4.12. The molecule has 0 radical (unpaired) electrons. The molecule has 5 rings (SSSR count). The third kappa shape index (κ3) is 5.46. The second-order valence-electron chi connectivity index (χ2n) is 9.66. The maximum Gasteiger partial charge on any atom is 0.255 e. The first-order chi connectivity index (χ1) is 18.8. The van der Waals surface area contributed by atoms with Gasteiger partial charge in [-0.15, -0.1) is 0 Å². The molecule has 1 atom stereocenters. The second-order valence-corrected chi connectivity index (χ2v) is 11.5. The molecule has 39 heavy (non-hydrogen) atoms. The van der Waals surface area contributed by atoms with E-state index < -0.39 is 16.1 Å². The zero-order chi connectivity index (χ0) is 27.6. The molecule has 3 aromatic carbocycles. The van der Waals surface area contributed by atoms with E-state index in [1.165, 1.54) is 0 Å². The summed E-state index contributed by atoms with van der Waals surface area (Å²) in [5, 5.41) is 2.96. The molecule has 4 aromatic rings. The van der Waals surface area contributed by atoms with Crippen LogP contribution in [0, 0.1) is 0 Å². The summed E-state index contributed by atoms with van der Waals surface area (Å²) in [7, 11) is -0.438. The Morgan fingerprint density at radius 1 is 1.13 bits per heavy atom. The van der Waals surface area contributed by atoms with Crippen molar-refractivity contribution in [1.29, 1.82) is 0 Å². The molecule has 1 amide bonds. The third-order valence-electron chi connectivity index (χ3n) is 7.29. The monoisotopic (exact) mass is 544 g/mol.